The summed E-state index contributed by atoms with van der Waals surface area (Å²) in [5.74, 6) is -4.12. The van der Waals surface area contributed by atoms with Crippen LogP contribution in [-0.4, -0.2) is 96.5 Å². The molecule has 0 saturated carbocycles. The third kappa shape index (κ3) is 16.8. The van der Waals surface area contributed by atoms with E-state index in [9.17, 15) is 29.1 Å². The van der Waals surface area contributed by atoms with E-state index in [1.807, 2.05) is 0 Å². The molecular weight excluding hydrogens is 552 g/mol. The van der Waals surface area contributed by atoms with Crippen molar-refractivity contribution < 1.29 is 29.1 Å². The van der Waals surface area contributed by atoms with E-state index in [0.29, 0.717) is 32.4 Å². The summed E-state index contributed by atoms with van der Waals surface area (Å²) in [7, 11) is 0. The average Bonchev–Trinajstić information content (AvgIpc) is 2.91. The number of nitrogens with one attached hydrogen (secondary N) is 4. The van der Waals surface area contributed by atoms with Gasteiger partial charge in [0.25, 0.3) is 0 Å². The van der Waals surface area contributed by atoms with Crippen molar-refractivity contribution in [2.75, 3.05) is 19.6 Å². The number of hydrogen-bond donors (Lipinski definition) is 11. The molecule has 0 fully saturated rings. The highest BCUT2D eigenvalue weighted by Gasteiger charge is 2.29. The number of unbranched alkanes of at least 4 members (excludes halogenated alkanes) is 1. The smallest absolute Gasteiger partial charge is 0.326 e. The van der Waals surface area contributed by atoms with Gasteiger partial charge >= 0.3 is 5.97 Å². The Bertz CT molecular complexity index is 952. The van der Waals surface area contributed by atoms with E-state index in [2.05, 4.69) is 31.3 Å². The molecule has 0 aliphatic heterocycles. The molecule has 0 spiro atoms. The Morgan fingerprint density at radius 2 is 1.10 bits per heavy atom. The van der Waals surface area contributed by atoms with Gasteiger partial charge in [-0.15, -0.1) is 0 Å². The van der Waals surface area contributed by atoms with Crippen LogP contribution in [0.4, 0.5) is 0 Å². The van der Waals surface area contributed by atoms with E-state index in [-0.39, 0.29) is 44.1 Å². The molecule has 5 atom stereocenters. The van der Waals surface area contributed by atoms with Crippen LogP contribution in [0.2, 0.25) is 0 Å². The fraction of sp³-hybridized carbons (Fsp3) is 0.708. The van der Waals surface area contributed by atoms with Crippen molar-refractivity contribution >= 4 is 41.5 Å². The summed E-state index contributed by atoms with van der Waals surface area (Å²) in [5.41, 5.74) is 32.4. The number of hydrogen-bond acceptors (Lipinski definition) is 9. The number of amides is 4. The molecule has 0 aromatic heterocycles. The van der Waals surface area contributed by atoms with Crippen molar-refractivity contribution in [3.05, 3.63) is 0 Å². The summed E-state index contributed by atoms with van der Waals surface area (Å²) in [6, 6.07) is -5.37. The van der Waals surface area contributed by atoms with Crippen LogP contribution >= 0.6 is 0 Å². The van der Waals surface area contributed by atoms with Gasteiger partial charge in [-0.25, -0.2) is 4.79 Å². The number of carbonyl (C=O) groups is 5. The molecule has 0 aliphatic rings. The van der Waals surface area contributed by atoms with E-state index in [1.165, 1.54) is 13.8 Å². The first kappa shape index (κ1) is 37.8. The highest BCUT2D eigenvalue weighted by Crippen LogP contribution is 2.05. The maximum atomic E-state index is 13.0. The third-order valence-corrected chi connectivity index (χ3v) is 5.95. The lowest BCUT2D eigenvalue weighted by Gasteiger charge is -2.24. The number of nitrogens with zero attached hydrogens (tertiary/aromatic N) is 2. The number of aliphatic imine (C=N–C) groups is 2. The minimum atomic E-state index is -1.23. The molecule has 0 saturated heterocycles. The second-order valence-corrected chi connectivity index (χ2v) is 9.71. The number of carboxylic acids is 1. The number of rotatable bonds is 21. The van der Waals surface area contributed by atoms with Gasteiger partial charge in [-0.3, -0.25) is 29.2 Å². The highest BCUT2D eigenvalue weighted by atomic mass is 16.4. The van der Waals surface area contributed by atoms with Crippen LogP contribution in [0.5, 0.6) is 0 Å². The Hall–Kier alpha value is -4.19. The molecule has 17 N–H and O–H groups in total. The largest absolute Gasteiger partial charge is 0.480 e. The van der Waals surface area contributed by atoms with Crippen molar-refractivity contribution in [1.82, 2.24) is 21.3 Å². The first-order chi connectivity index (χ1) is 19.7. The maximum absolute atomic E-state index is 13.0. The summed E-state index contributed by atoms with van der Waals surface area (Å²) in [5, 5.41) is 19.4. The normalized spacial score (nSPS) is 14.2. The van der Waals surface area contributed by atoms with Crippen molar-refractivity contribution in [2.24, 2.45) is 44.4 Å². The zero-order chi connectivity index (χ0) is 32.2. The van der Waals surface area contributed by atoms with Crippen LogP contribution in [0.25, 0.3) is 0 Å². The Balaban J connectivity index is 5.18. The van der Waals surface area contributed by atoms with Gasteiger partial charge in [0.15, 0.2) is 11.9 Å². The van der Waals surface area contributed by atoms with Gasteiger partial charge in [-0.2, -0.15) is 0 Å². The molecular formula is C24H48N12O6. The monoisotopic (exact) mass is 600 g/mol. The molecule has 0 rings (SSSR count). The Morgan fingerprint density at radius 1 is 0.643 bits per heavy atom. The fourth-order valence-corrected chi connectivity index (χ4v) is 3.53. The molecule has 0 radical (unpaired) electrons. The molecule has 240 valence electrons. The predicted molar refractivity (Wildman–Crippen MR) is 157 cm³/mol. The Labute approximate surface area is 245 Å². The second kappa shape index (κ2) is 20.7. The van der Waals surface area contributed by atoms with Crippen LogP contribution in [0.15, 0.2) is 9.98 Å². The van der Waals surface area contributed by atoms with Gasteiger partial charge in [-0.05, 0) is 65.3 Å². The number of carbonyl (C=O) groups excluding carboxylic acids is 4. The lowest BCUT2D eigenvalue weighted by Crippen LogP contribution is -2.57. The average molecular weight is 601 g/mol. The van der Waals surface area contributed by atoms with Gasteiger partial charge in [-0.1, -0.05) is 0 Å². The van der Waals surface area contributed by atoms with Gasteiger partial charge in [0.1, 0.15) is 24.2 Å². The predicted octanol–water partition coefficient (Wildman–Crippen LogP) is -4.39. The van der Waals surface area contributed by atoms with E-state index in [1.54, 1.807) is 0 Å². The molecule has 18 heteroatoms. The molecule has 18 nitrogen and oxygen atoms in total. The minimum absolute atomic E-state index is 0.0721. The zero-order valence-electron chi connectivity index (χ0n) is 24.3. The molecule has 0 aliphatic carbocycles. The summed E-state index contributed by atoms with van der Waals surface area (Å²) in [6.45, 7) is 3.65. The minimum Gasteiger partial charge on any atom is -0.480 e. The summed E-state index contributed by atoms with van der Waals surface area (Å²) >= 11 is 0. The standard InChI is InChI=1S/C24H48N12O6/c1-13(34-20(39)15(26)7-5-11-31-23(27)28)18(37)33-14(2)19(38)35-16(9-6-12-32-24(29)30)21(40)36-17(22(41)42)8-3-4-10-25/h13-17H,3-12,25-26H2,1-2H3,(H,33,37)(H,34,39)(H,35,38)(H,36,40)(H,41,42)(H4,27,28,31)(H4,29,30,32)/t13-,14-,15-,16-,17-/m0/s1. The van der Waals surface area contributed by atoms with Crippen molar-refractivity contribution in [3.8, 4) is 0 Å². The Morgan fingerprint density at radius 3 is 1.60 bits per heavy atom. The maximum Gasteiger partial charge on any atom is 0.326 e. The Kier molecular flexibility index (Phi) is 18.6. The van der Waals surface area contributed by atoms with Gasteiger partial charge in [0.05, 0.1) is 6.04 Å². The number of aliphatic carboxylic acids is 1. The first-order valence-corrected chi connectivity index (χ1v) is 13.7. The van der Waals surface area contributed by atoms with Crippen molar-refractivity contribution in [1.29, 1.82) is 0 Å². The molecule has 0 aromatic rings. The fourth-order valence-electron chi connectivity index (χ4n) is 3.53. The van der Waals surface area contributed by atoms with Crippen LogP contribution in [0.3, 0.4) is 0 Å². The highest BCUT2D eigenvalue weighted by molar-refractivity contribution is 5.95. The molecule has 42 heavy (non-hydrogen) atoms. The van der Waals surface area contributed by atoms with Crippen LogP contribution in [0, 0.1) is 0 Å². The van der Waals surface area contributed by atoms with Crippen LogP contribution < -0.4 is 55.7 Å². The van der Waals surface area contributed by atoms with Crippen LogP contribution in [-0.2, 0) is 24.0 Å². The quantitative estimate of drug-likeness (QED) is 0.0338. The van der Waals surface area contributed by atoms with E-state index >= 15 is 0 Å². The summed E-state index contributed by atoms with van der Waals surface area (Å²) in [4.78, 5) is 70.0. The van der Waals surface area contributed by atoms with E-state index < -0.39 is 59.8 Å². The third-order valence-electron chi connectivity index (χ3n) is 5.95. The van der Waals surface area contributed by atoms with Gasteiger partial charge < -0.3 is 60.8 Å². The summed E-state index contributed by atoms with van der Waals surface area (Å²) in [6.07, 6.45) is 2.32. The van der Waals surface area contributed by atoms with Gasteiger partial charge in [0.2, 0.25) is 23.6 Å². The molecule has 0 aromatic carbocycles. The van der Waals surface area contributed by atoms with Crippen LogP contribution in [0.1, 0.15) is 58.8 Å². The molecule has 0 bridgehead atoms. The topological polar surface area (TPSA) is 335 Å². The lowest BCUT2D eigenvalue weighted by atomic mass is 10.1. The number of guanidine groups is 2. The van der Waals surface area contributed by atoms with Gasteiger partial charge in [0, 0.05) is 13.1 Å². The second-order valence-electron chi connectivity index (χ2n) is 9.71. The first-order valence-electron chi connectivity index (χ1n) is 13.7. The molecule has 0 heterocycles. The summed E-state index contributed by atoms with van der Waals surface area (Å²) < 4.78 is 0. The van der Waals surface area contributed by atoms with Crippen molar-refractivity contribution in [2.45, 2.75) is 89.0 Å². The van der Waals surface area contributed by atoms with Crippen molar-refractivity contribution in [3.63, 3.8) is 0 Å². The van der Waals surface area contributed by atoms with E-state index in [4.69, 9.17) is 34.4 Å². The molecule has 0 unspecified atom stereocenters. The zero-order valence-corrected chi connectivity index (χ0v) is 24.3. The lowest BCUT2D eigenvalue weighted by molar-refractivity contribution is -0.142. The number of carboxylic acid groups (broad SMARTS) is 1. The molecule has 4 amide bonds. The van der Waals surface area contributed by atoms with E-state index in [0.717, 1.165) is 0 Å². The SMILES string of the molecule is C[C@H](NC(=O)[C@H](C)NC(=O)[C@@H](N)CCCN=C(N)N)C(=O)N[C@@H](CCCN=C(N)N)C(=O)N[C@@H](CCCCN)C(=O)O. The number of nitrogens with two attached hydrogens (primary N) is 6.